The summed E-state index contributed by atoms with van der Waals surface area (Å²) in [6.07, 6.45) is 7.17. The Hall–Kier alpha value is 0.270. The molecule has 0 aromatic rings. The van der Waals surface area contributed by atoms with E-state index in [9.17, 15) is 0 Å². The van der Waals surface area contributed by atoms with Gasteiger partial charge in [0.15, 0.2) is 0 Å². The first kappa shape index (κ1) is 9.81. The third kappa shape index (κ3) is 2.20. The highest BCUT2D eigenvalue weighted by atomic mass is 32.2. The van der Waals surface area contributed by atoms with Gasteiger partial charge < -0.3 is 10.1 Å². The van der Waals surface area contributed by atoms with Crippen LogP contribution in [0.15, 0.2) is 0 Å². The molecule has 0 amide bonds. The highest BCUT2D eigenvalue weighted by Crippen LogP contribution is 2.36. The summed E-state index contributed by atoms with van der Waals surface area (Å²) in [5.74, 6) is 0. The highest BCUT2D eigenvalue weighted by molar-refractivity contribution is 7.99. The van der Waals surface area contributed by atoms with E-state index in [0.717, 1.165) is 24.9 Å². The molecule has 2 saturated heterocycles. The molecule has 1 N–H and O–H groups in total. The average molecular weight is 201 g/mol. The maximum Gasteiger partial charge on any atom is 0.0717 e. The van der Waals surface area contributed by atoms with Crippen LogP contribution in [-0.4, -0.2) is 36.8 Å². The van der Waals surface area contributed by atoms with Crippen LogP contribution < -0.4 is 5.32 Å². The van der Waals surface area contributed by atoms with Gasteiger partial charge in [0.25, 0.3) is 0 Å². The average Bonchev–Trinajstić information content (AvgIpc) is 2.19. The van der Waals surface area contributed by atoms with Crippen LogP contribution in [0.4, 0.5) is 0 Å². The minimum absolute atomic E-state index is 0.247. The fraction of sp³-hybridized carbons (Fsp3) is 1.00. The Morgan fingerprint density at radius 2 is 2.15 bits per heavy atom. The van der Waals surface area contributed by atoms with Gasteiger partial charge in [-0.15, -0.1) is 0 Å². The molecular weight excluding hydrogens is 182 g/mol. The Labute approximate surface area is 84.8 Å². The van der Waals surface area contributed by atoms with Crippen LogP contribution in [-0.2, 0) is 4.74 Å². The van der Waals surface area contributed by atoms with E-state index in [2.05, 4.69) is 11.6 Å². The molecule has 2 nitrogen and oxygen atoms in total. The smallest absolute Gasteiger partial charge is 0.0717 e. The lowest BCUT2D eigenvalue weighted by molar-refractivity contribution is -0.0929. The molecule has 2 rings (SSSR count). The Balaban J connectivity index is 1.95. The molecule has 0 aromatic carbocycles. The first-order valence-electron chi connectivity index (χ1n) is 5.22. The first-order chi connectivity index (χ1) is 6.35. The minimum atomic E-state index is 0.247. The van der Waals surface area contributed by atoms with Gasteiger partial charge in [-0.25, -0.2) is 0 Å². The Morgan fingerprint density at radius 3 is 2.85 bits per heavy atom. The second-order valence-electron chi connectivity index (χ2n) is 4.13. The van der Waals surface area contributed by atoms with Crippen molar-refractivity contribution in [2.45, 2.75) is 36.5 Å². The van der Waals surface area contributed by atoms with Crippen LogP contribution in [0, 0.1) is 0 Å². The van der Waals surface area contributed by atoms with Gasteiger partial charge in [-0.3, -0.25) is 0 Å². The van der Waals surface area contributed by atoms with Gasteiger partial charge in [-0.05, 0) is 45.0 Å². The third-order valence-corrected chi connectivity index (χ3v) is 4.36. The predicted octanol–water partition coefficient (Wildman–Crippen LogP) is 1.65. The quantitative estimate of drug-likeness (QED) is 0.697. The van der Waals surface area contributed by atoms with Gasteiger partial charge in [0.05, 0.1) is 5.60 Å². The standard InChI is InChI=1S/C10H19NOS/c1-13-9-2-7-12-10(8-9)3-5-11-6-4-10/h9,11H,2-8H2,1H3. The number of piperidine rings is 1. The second kappa shape index (κ2) is 4.20. The van der Waals surface area contributed by atoms with Crippen molar-refractivity contribution in [3.05, 3.63) is 0 Å². The van der Waals surface area contributed by atoms with Gasteiger partial charge in [-0.1, -0.05) is 0 Å². The number of hydrogen-bond acceptors (Lipinski definition) is 3. The normalized spacial score (nSPS) is 33.5. The van der Waals surface area contributed by atoms with Crippen LogP contribution in [0.2, 0.25) is 0 Å². The van der Waals surface area contributed by atoms with E-state index in [4.69, 9.17) is 4.74 Å². The van der Waals surface area contributed by atoms with E-state index < -0.39 is 0 Å². The fourth-order valence-electron chi connectivity index (χ4n) is 2.41. The second-order valence-corrected chi connectivity index (χ2v) is 5.27. The van der Waals surface area contributed by atoms with Crippen molar-refractivity contribution in [2.24, 2.45) is 0 Å². The molecule has 1 unspecified atom stereocenters. The molecule has 76 valence electrons. The zero-order chi connectivity index (χ0) is 9.15. The zero-order valence-electron chi connectivity index (χ0n) is 8.34. The lowest BCUT2D eigenvalue weighted by Crippen LogP contribution is -2.48. The molecule has 13 heavy (non-hydrogen) atoms. The van der Waals surface area contributed by atoms with Crippen molar-refractivity contribution < 1.29 is 4.74 Å². The maximum atomic E-state index is 5.99. The number of hydrogen-bond donors (Lipinski definition) is 1. The number of ether oxygens (including phenoxy) is 1. The van der Waals surface area contributed by atoms with Crippen molar-refractivity contribution in [3.63, 3.8) is 0 Å². The summed E-state index contributed by atoms with van der Waals surface area (Å²) in [4.78, 5) is 0. The van der Waals surface area contributed by atoms with E-state index in [1.807, 2.05) is 11.8 Å². The predicted molar refractivity (Wildman–Crippen MR) is 57.3 cm³/mol. The summed E-state index contributed by atoms with van der Waals surface area (Å²) in [5.41, 5.74) is 0.247. The molecule has 0 radical (unpaired) electrons. The Morgan fingerprint density at radius 1 is 1.38 bits per heavy atom. The molecule has 2 heterocycles. The van der Waals surface area contributed by atoms with Crippen molar-refractivity contribution in [3.8, 4) is 0 Å². The summed E-state index contributed by atoms with van der Waals surface area (Å²) < 4.78 is 5.99. The molecule has 1 atom stereocenters. The zero-order valence-corrected chi connectivity index (χ0v) is 9.16. The van der Waals surface area contributed by atoms with E-state index in [-0.39, 0.29) is 5.60 Å². The lowest BCUT2D eigenvalue weighted by atomic mass is 9.85. The number of thioether (sulfide) groups is 1. The SMILES string of the molecule is CSC1CCOC2(CCNCC2)C1. The molecule has 0 saturated carbocycles. The van der Waals surface area contributed by atoms with Crippen LogP contribution in [0.5, 0.6) is 0 Å². The summed E-state index contributed by atoms with van der Waals surface area (Å²) >= 11 is 2.01. The van der Waals surface area contributed by atoms with Crippen LogP contribution >= 0.6 is 11.8 Å². The first-order valence-corrected chi connectivity index (χ1v) is 6.51. The summed E-state index contributed by atoms with van der Waals surface area (Å²) in [6, 6.07) is 0. The van der Waals surface area contributed by atoms with E-state index in [1.165, 1.54) is 25.7 Å². The van der Waals surface area contributed by atoms with Gasteiger partial charge in [0.1, 0.15) is 0 Å². The number of nitrogens with one attached hydrogen (secondary N) is 1. The maximum absolute atomic E-state index is 5.99. The van der Waals surface area contributed by atoms with Crippen molar-refractivity contribution in [1.29, 1.82) is 0 Å². The fourth-order valence-corrected chi connectivity index (χ4v) is 3.22. The minimum Gasteiger partial charge on any atom is -0.375 e. The third-order valence-electron chi connectivity index (χ3n) is 3.30. The van der Waals surface area contributed by atoms with Gasteiger partial charge in [-0.2, -0.15) is 11.8 Å². The lowest BCUT2D eigenvalue weighted by Gasteiger charge is -2.43. The van der Waals surface area contributed by atoms with Gasteiger partial charge in [0, 0.05) is 11.9 Å². The summed E-state index contributed by atoms with van der Waals surface area (Å²) in [5, 5.41) is 4.24. The van der Waals surface area contributed by atoms with Crippen molar-refractivity contribution >= 4 is 11.8 Å². The topological polar surface area (TPSA) is 21.3 Å². The van der Waals surface area contributed by atoms with Crippen LogP contribution in [0.25, 0.3) is 0 Å². The molecular formula is C10H19NOS. The van der Waals surface area contributed by atoms with E-state index >= 15 is 0 Å². The molecule has 0 aliphatic carbocycles. The Bertz CT molecular complexity index is 163. The van der Waals surface area contributed by atoms with Gasteiger partial charge in [0.2, 0.25) is 0 Å². The number of rotatable bonds is 1. The van der Waals surface area contributed by atoms with Crippen molar-refractivity contribution in [1.82, 2.24) is 5.32 Å². The molecule has 2 aliphatic rings. The van der Waals surface area contributed by atoms with Crippen LogP contribution in [0.3, 0.4) is 0 Å². The summed E-state index contributed by atoms with van der Waals surface area (Å²) in [7, 11) is 0. The molecule has 0 bridgehead atoms. The molecule has 0 aromatic heterocycles. The summed E-state index contributed by atoms with van der Waals surface area (Å²) in [6.45, 7) is 3.26. The highest BCUT2D eigenvalue weighted by Gasteiger charge is 2.38. The monoisotopic (exact) mass is 201 g/mol. The molecule has 2 fully saturated rings. The van der Waals surface area contributed by atoms with E-state index in [0.29, 0.717) is 0 Å². The van der Waals surface area contributed by atoms with E-state index in [1.54, 1.807) is 0 Å². The molecule has 3 heteroatoms. The van der Waals surface area contributed by atoms with Crippen LogP contribution in [0.1, 0.15) is 25.7 Å². The van der Waals surface area contributed by atoms with Crippen molar-refractivity contribution in [2.75, 3.05) is 26.0 Å². The largest absolute Gasteiger partial charge is 0.375 e. The van der Waals surface area contributed by atoms with Gasteiger partial charge >= 0.3 is 0 Å². The molecule has 2 aliphatic heterocycles. The molecule has 1 spiro atoms. The Kier molecular flexibility index (Phi) is 3.17.